The van der Waals surface area contributed by atoms with Crippen molar-refractivity contribution < 1.29 is 33.5 Å². The largest absolute Gasteiger partial charge is 0.403 e. The Hall–Kier alpha value is -3.10. The monoisotopic (exact) mass is 520 g/mol. The van der Waals surface area contributed by atoms with E-state index >= 15 is 0 Å². The second kappa shape index (κ2) is 9.41. The van der Waals surface area contributed by atoms with Crippen LogP contribution >= 0.6 is 7.75 Å². The number of nitrogens with two attached hydrogens (primary N) is 1. The zero-order chi connectivity index (χ0) is 25.6. The van der Waals surface area contributed by atoms with E-state index in [0.29, 0.717) is 6.42 Å². The molecule has 1 aliphatic heterocycles. The Balaban J connectivity index is 1.22. The predicted molar refractivity (Wildman–Crippen MR) is 128 cm³/mol. The Morgan fingerprint density at radius 3 is 2.92 bits per heavy atom. The minimum absolute atomic E-state index is 0.125. The van der Waals surface area contributed by atoms with Gasteiger partial charge >= 0.3 is 13.4 Å². The molecule has 5 rings (SSSR count). The molecule has 192 valence electrons. The summed E-state index contributed by atoms with van der Waals surface area (Å²) in [6, 6.07) is 7.74. The number of anilines is 1. The summed E-state index contributed by atoms with van der Waals surface area (Å²) in [7, 11) is -2.62. The van der Waals surface area contributed by atoms with Crippen LogP contribution in [0.5, 0.6) is 0 Å². The summed E-state index contributed by atoms with van der Waals surface area (Å²) in [5.41, 5.74) is 7.47. The van der Waals surface area contributed by atoms with Crippen LogP contribution in [-0.2, 0) is 27.3 Å². The molecule has 1 saturated heterocycles. The van der Waals surface area contributed by atoms with Crippen LogP contribution in [0.25, 0.3) is 22.1 Å². The van der Waals surface area contributed by atoms with Gasteiger partial charge in [0.15, 0.2) is 6.33 Å². The maximum Gasteiger partial charge on any atom is 0.403 e. The number of benzene rings is 1. The summed E-state index contributed by atoms with van der Waals surface area (Å²) in [6.45, 7) is -0.299. The molecular formula is C21H27N7O7P+. The topological polar surface area (TPSA) is 205 Å². The molecule has 4 heterocycles. The number of rotatable bonds is 8. The number of nitrogen functional groups attached to an aromatic ring is 1. The highest BCUT2D eigenvalue weighted by atomic mass is 31.2. The molecule has 1 unspecified atom stereocenters. The maximum atomic E-state index is 12.5. The van der Waals surface area contributed by atoms with Gasteiger partial charge in [-0.25, -0.2) is 14.2 Å². The summed E-state index contributed by atoms with van der Waals surface area (Å²) >= 11 is 0. The smallest absolute Gasteiger partial charge is 0.387 e. The fourth-order valence-corrected chi connectivity index (χ4v) is 5.28. The third-order valence-electron chi connectivity index (χ3n) is 6.20. The zero-order valence-electron chi connectivity index (χ0n) is 19.2. The molecular weight excluding hydrogens is 493 g/mol. The number of fused-ring (bicyclic) bond motifs is 2. The molecule has 1 fully saturated rings. The molecule has 0 radical (unpaired) electrons. The average molecular weight is 520 g/mol. The number of H-pyrrole nitrogens is 2. The molecule has 0 amide bonds. The summed E-state index contributed by atoms with van der Waals surface area (Å²) in [5, 5.41) is 24.6. The second-order valence-electron chi connectivity index (χ2n) is 8.64. The number of ether oxygens (including phenoxy) is 1. The van der Waals surface area contributed by atoms with E-state index < -0.39 is 44.5 Å². The molecule has 0 saturated carbocycles. The van der Waals surface area contributed by atoms with Crippen LogP contribution < -0.4 is 20.9 Å². The van der Waals surface area contributed by atoms with Crippen molar-refractivity contribution in [2.75, 3.05) is 18.9 Å². The molecule has 8 N–H and O–H groups in total. The fraction of sp³-hybridized carbons (Fsp3) is 0.381. The molecule has 1 aromatic carbocycles. The van der Waals surface area contributed by atoms with Crippen molar-refractivity contribution in [3.63, 3.8) is 0 Å². The molecule has 4 aromatic rings. The van der Waals surface area contributed by atoms with Gasteiger partial charge in [0.25, 0.3) is 11.5 Å². The van der Waals surface area contributed by atoms with E-state index in [-0.39, 0.29) is 23.7 Å². The number of para-hydroxylation sites is 1. The van der Waals surface area contributed by atoms with E-state index in [2.05, 4.69) is 20.0 Å². The molecule has 14 nitrogen and oxygen atoms in total. The number of hydrogen-bond acceptors (Lipinski definition) is 8. The third-order valence-corrected chi connectivity index (χ3v) is 7.32. The number of aromatic nitrogens is 5. The van der Waals surface area contributed by atoms with Crippen molar-refractivity contribution in [3.8, 4) is 0 Å². The minimum atomic E-state index is -4.23. The highest BCUT2D eigenvalue weighted by Gasteiger charge is 2.47. The molecule has 1 aliphatic rings. The van der Waals surface area contributed by atoms with E-state index in [1.807, 2.05) is 30.5 Å². The van der Waals surface area contributed by atoms with Crippen molar-refractivity contribution in [3.05, 3.63) is 52.7 Å². The quantitative estimate of drug-likeness (QED) is 0.114. The Bertz CT molecular complexity index is 1520. The number of aryl methyl sites for hydroxylation is 1. The van der Waals surface area contributed by atoms with Crippen molar-refractivity contribution in [1.82, 2.24) is 24.6 Å². The molecule has 36 heavy (non-hydrogen) atoms. The second-order valence-corrected chi connectivity index (χ2v) is 10.3. The highest BCUT2D eigenvalue weighted by Crippen LogP contribution is 2.38. The van der Waals surface area contributed by atoms with Crippen LogP contribution in [-0.4, -0.2) is 66.1 Å². The van der Waals surface area contributed by atoms with Crippen molar-refractivity contribution in [2.45, 2.75) is 31.0 Å². The summed E-state index contributed by atoms with van der Waals surface area (Å²) in [5.74, 6) is -0.125. The van der Waals surface area contributed by atoms with Crippen molar-refractivity contribution >= 4 is 35.8 Å². The van der Waals surface area contributed by atoms with Gasteiger partial charge in [-0.3, -0.25) is 18.9 Å². The third kappa shape index (κ3) is 4.55. The molecule has 3 aromatic heterocycles. The summed E-state index contributed by atoms with van der Waals surface area (Å²) < 4.78 is 26.2. The molecule has 0 aliphatic carbocycles. The van der Waals surface area contributed by atoms with Crippen LogP contribution in [0.3, 0.4) is 0 Å². The SMILES string of the molecule is Cn1c[n+]([C@@H]2O[C@H](COP(=O)(O)NCCc3c[nH]c4ccccc34)[C@@H](O)[C@H]2O)c2nc(N)[nH]c(=O)c21. The summed E-state index contributed by atoms with van der Waals surface area (Å²) in [6.07, 6.45) is -1.32. The van der Waals surface area contributed by atoms with Crippen LogP contribution in [0.15, 0.2) is 41.6 Å². The van der Waals surface area contributed by atoms with Crippen LogP contribution in [0.4, 0.5) is 5.95 Å². The lowest BCUT2D eigenvalue weighted by Crippen LogP contribution is -2.46. The van der Waals surface area contributed by atoms with Gasteiger partial charge in [-0.1, -0.05) is 23.2 Å². The van der Waals surface area contributed by atoms with E-state index in [0.717, 1.165) is 16.5 Å². The number of nitrogens with one attached hydrogen (secondary N) is 3. The van der Waals surface area contributed by atoms with E-state index in [1.165, 1.54) is 15.5 Å². The molecule has 15 heteroatoms. The zero-order valence-corrected chi connectivity index (χ0v) is 20.1. The first kappa shape index (κ1) is 24.6. The van der Waals surface area contributed by atoms with Crippen molar-refractivity contribution in [2.24, 2.45) is 7.05 Å². The number of aliphatic hydroxyl groups excluding tert-OH is 2. The first-order valence-corrected chi connectivity index (χ1v) is 12.8. The number of hydrogen-bond donors (Lipinski definition) is 7. The van der Waals surface area contributed by atoms with Gasteiger partial charge in [0.05, 0.1) is 13.7 Å². The molecule has 0 spiro atoms. The standard InChI is InChI=1S/C21H26N7O7P/c1-27-10-28(18-15(27)19(31)26-21(22)25-18)20-17(30)16(29)14(35-20)9-34-36(32,33)24-7-6-11-8-23-13-5-3-2-4-12(11)13/h2-5,8,10,14,16-17,20,23,29-30H,6-7,9H2,1H3,(H4-,22,24,25,26,31,32,33)/p+1/t14-,16-,17-,20-/m1/s1. The van der Waals surface area contributed by atoms with Crippen LogP contribution in [0.1, 0.15) is 11.8 Å². The van der Waals surface area contributed by atoms with Gasteiger partial charge in [0, 0.05) is 23.6 Å². The first-order chi connectivity index (χ1) is 17.1. The van der Waals surface area contributed by atoms with Gasteiger partial charge < -0.3 is 30.6 Å². The number of aliphatic hydroxyl groups is 2. The molecule has 5 atom stereocenters. The van der Waals surface area contributed by atoms with Gasteiger partial charge in [-0.2, -0.15) is 0 Å². The number of nitrogens with zero attached hydrogens (tertiary/aromatic N) is 3. The van der Waals surface area contributed by atoms with E-state index in [4.69, 9.17) is 15.0 Å². The van der Waals surface area contributed by atoms with E-state index in [9.17, 15) is 24.5 Å². The molecule has 0 bridgehead atoms. The van der Waals surface area contributed by atoms with Gasteiger partial charge in [-0.05, 0) is 18.1 Å². The van der Waals surface area contributed by atoms with Gasteiger partial charge in [0.2, 0.25) is 11.7 Å². The van der Waals surface area contributed by atoms with Gasteiger partial charge in [0.1, 0.15) is 18.3 Å². The fourth-order valence-electron chi connectivity index (χ4n) is 4.44. The summed E-state index contributed by atoms with van der Waals surface area (Å²) in [4.78, 5) is 32.1. The van der Waals surface area contributed by atoms with E-state index in [1.54, 1.807) is 7.05 Å². The normalized spacial score (nSPS) is 24.0. The maximum absolute atomic E-state index is 12.5. The Labute approximate surface area is 203 Å². The van der Waals surface area contributed by atoms with Crippen LogP contribution in [0.2, 0.25) is 0 Å². The Morgan fingerprint density at radius 1 is 1.33 bits per heavy atom. The highest BCUT2D eigenvalue weighted by molar-refractivity contribution is 7.50. The lowest BCUT2D eigenvalue weighted by Gasteiger charge is -2.18. The minimum Gasteiger partial charge on any atom is -0.387 e. The Kier molecular flexibility index (Phi) is 6.43. The number of imidazole rings is 1. The lowest BCUT2D eigenvalue weighted by molar-refractivity contribution is -0.745. The van der Waals surface area contributed by atoms with Gasteiger partial charge in [-0.15, -0.1) is 0 Å². The Morgan fingerprint density at radius 2 is 2.11 bits per heavy atom. The average Bonchev–Trinajstić information content (AvgIpc) is 3.47. The van der Waals surface area contributed by atoms with Crippen LogP contribution in [0, 0.1) is 0 Å². The number of aromatic amines is 2. The predicted octanol–water partition coefficient (Wildman–Crippen LogP) is -0.819. The first-order valence-electron chi connectivity index (χ1n) is 11.2. The lowest BCUT2D eigenvalue weighted by atomic mass is 10.1. The van der Waals surface area contributed by atoms with Crippen molar-refractivity contribution in [1.29, 1.82) is 0 Å².